The minimum atomic E-state index is -0.325. The number of nitrogens with zero attached hydrogens (tertiary/aromatic N) is 3. The van der Waals surface area contributed by atoms with Crippen LogP contribution in [0.25, 0.3) is 83.5 Å². The number of pyridine rings is 1. The number of imidazole rings is 1. The van der Waals surface area contributed by atoms with Gasteiger partial charge in [0.05, 0.1) is 28.0 Å². The van der Waals surface area contributed by atoms with Crippen LogP contribution in [0, 0.1) is 0 Å². The lowest BCUT2D eigenvalue weighted by Gasteiger charge is -2.27. The highest BCUT2D eigenvalue weighted by molar-refractivity contribution is 6.00. The summed E-state index contributed by atoms with van der Waals surface area (Å²) in [5, 5.41) is 14.8. The molecule has 308 valence electrons. The third-order valence-electron chi connectivity index (χ3n) is 12.2. The Hall–Kier alpha value is -6.78. The van der Waals surface area contributed by atoms with Gasteiger partial charge < -0.3 is 5.11 Å². The van der Waals surface area contributed by atoms with E-state index < -0.39 is 0 Å². The summed E-state index contributed by atoms with van der Waals surface area (Å²) in [6.07, 6.45) is 1.91. The highest BCUT2D eigenvalue weighted by Gasteiger charge is 2.30. The molecule has 2 heterocycles. The third-order valence-corrected chi connectivity index (χ3v) is 12.2. The van der Waals surface area contributed by atoms with E-state index >= 15 is 0 Å². The number of hydrogen-bond acceptors (Lipinski definition) is 3. The fraction of sp³-hybridized carbons (Fsp3) is 0.207. The average Bonchev–Trinajstić information content (AvgIpc) is 3.65. The number of aromatic nitrogens is 3. The number of benzene rings is 7. The quantitative estimate of drug-likeness (QED) is 0.182. The van der Waals surface area contributed by atoms with E-state index in [0.717, 1.165) is 83.3 Å². The Balaban J connectivity index is 1.39. The summed E-state index contributed by atoms with van der Waals surface area (Å²) in [4.78, 5) is 10.7. The highest BCUT2D eigenvalue weighted by atomic mass is 16.3. The van der Waals surface area contributed by atoms with Gasteiger partial charge in [0, 0.05) is 33.8 Å². The van der Waals surface area contributed by atoms with Crippen LogP contribution in [0.3, 0.4) is 0 Å². The summed E-state index contributed by atoms with van der Waals surface area (Å²) < 4.78 is 2.28. The Morgan fingerprint density at radius 1 is 0.468 bits per heavy atom. The zero-order chi connectivity index (χ0) is 43.6. The van der Waals surface area contributed by atoms with Gasteiger partial charge in [0.1, 0.15) is 11.6 Å². The summed E-state index contributed by atoms with van der Waals surface area (Å²) >= 11 is 0. The molecule has 0 spiro atoms. The number of phenolic OH excluding ortho intramolecular Hbond substituents is 1. The predicted octanol–water partition coefficient (Wildman–Crippen LogP) is 15.5. The van der Waals surface area contributed by atoms with Gasteiger partial charge in [-0.15, -0.1) is 0 Å². The van der Waals surface area contributed by atoms with Crippen LogP contribution >= 0.6 is 0 Å². The fourth-order valence-electron chi connectivity index (χ4n) is 8.66. The Morgan fingerprint density at radius 3 is 1.81 bits per heavy atom. The third kappa shape index (κ3) is 7.49. The molecule has 0 saturated heterocycles. The minimum Gasteiger partial charge on any atom is -0.507 e. The Kier molecular flexibility index (Phi) is 10.0. The zero-order valence-corrected chi connectivity index (χ0v) is 37.4. The molecular formula is C58H55N3O. The van der Waals surface area contributed by atoms with Crippen LogP contribution in [0.5, 0.6) is 5.75 Å². The maximum absolute atomic E-state index is 12.5. The van der Waals surface area contributed by atoms with Gasteiger partial charge in [-0.05, 0) is 97.5 Å². The van der Waals surface area contributed by atoms with Gasteiger partial charge in [-0.25, -0.2) is 4.98 Å². The van der Waals surface area contributed by atoms with E-state index in [1.807, 2.05) is 6.20 Å². The van der Waals surface area contributed by atoms with E-state index in [4.69, 9.17) is 9.97 Å². The van der Waals surface area contributed by atoms with Crippen molar-refractivity contribution in [1.29, 1.82) is 0 Å². The van der Waals surface area contributed by atoms with Crippen LogP contribution in [0.4, 0.5) is 0 Å². The van der Waals surface area contributed by atoms with Crippen molar-refractivity contribution in [2.45, 2.75) is 78.6 Å². The van der Waals surface area contributed by atoms with Crippen molar-refractivity contribution < 1.29 is 5.11 Å². The summed E-state index contributed by atoms with van der Waals surface area (Å²) in [5.41, 5.74) is 14.6. The molecule has 4 heteroatoms. The molecule has 4 nitrogen and oxygen atoms in total. The number of fused-ring (bicyclic) bond motifs is 2. The Bertz CT molecular complexity index is 3110. The zero-order valence-electron chi connectivity index (χ0n) is 37.4. The van der Waals surface area contributed by atoms with Crippen molar-refractivity contribution in [2.24, 2.45) is 0 Å². The fourth-order valence-corrected chi connectivity index (χ4v) is 8.66. The normalized spacial score (nSPS) is 12.3. The number of hydrogen-bond donors (Lipinski definition) is 1. The smallest absolute Gasteiger partial charge is 0.149 e. The van der Waals surface area contributed by atoms with Gasteiger partial charge in [-0.2, -0.15) is 0 Å². The van der Waals surface area contributed by atoms with Crippen molar-refractivity contribution in [3.05, 3.63) is 181 Å². The molecule has 0 unspecified atom stereocenters. The van der Waals surface area contributed by atoms with Crippen LogP contribution < -0.4 is 0 Å². The first kappa shape index (κ1) is 40.6. The molecule has 62 heavy (non-hydrogen) atoms. The molecule has 0 fully saturated rings. The molecule has 0 amide bonds. The largest absolute Gasteiger partial charge is 0.507 e. The molecule has 0 saturated carbocycles. The summed E-state index contributed by atoms with van der Waals surface area (Å²) in [5.74, 6) is 0.943. The van der Waals surface area contributed by atoms with Gasteiger partial charge in [0.25, 0.3) is 0 Å². The molecule has 0 atom stereocenters. The van der Waals surface area contributed by atoms with E-state index in [-0.39, 0.29) is 22.0 Å². The van der Waals surface area contributed by atoms with E-state index in [2.05, 4.69) is 225 Å². The van der Waals surface area contributed by atoms with Gasteiger partial charge in [-0.1, -0.05) is 178 Å². The lowest BCUT2D eigenvalue weighted by molar-refractivity contribution is 0.446. The minimum absolute atomic E-state index is 0.138. The van der Waals surface area contributed by atoms with Crippen molar-refractivity contribution in [3.8, 4) is 67.5 Å². The lowest BCUT2D eigenvalue weighted by Crippen LogP contribution is -2.17. The first-order chi connectivity index (χ1) is 29.6. The van der Waals surface area contributed by atoms with E-state index in [1.165, 1.54) is 5.56 Å². The number of rotatable bonds is 6. The van der Waals surface area contributed by atoms with Crippen LogP contribution in [0.1, 0.15) is 79.0 Å². The predicted molar refractivity (Wildman–Crippen MR) is 261 cm³/mol. The van der Waals surface area contributed by atoms with Crippen molar-refractivity contribution in [1.82, 2.24) is 14.5 Å². The molecule has 7 aromatic carbocycles. The van der Waals surface area contributed by atoms with Crippen molar-refractivity contribution in [3.63, 3.8) is 0 Å². The molecule has 0 aliphatic heterocycles. The summed E-state index contributed by atoms with van der Waals surface area (Å²) in [6.45, 7) is 20.0. The van der Waals surface area contributed by atoms with Crippen LogP contribution in [0.15, 0.2) is 164 Å². The van der Waals surface area contributed by atoms with Gasteiger partial charge in [0.2, 0.25) is 0 Å². The lowest BCUT2D eigenvalue weighted by atomic mass is 9.79. The van der Waals surface area contributed by atoms with Gasteiger partial charge in [-0.3, -0.25) is 9.55 Å². The summed E-state index contributed by atoms with van der Waals surface area (Å²) in [7, 11) is 0. The Morgan fingerprint density at radius 2 is 1.11 bits per heavy atom. The molecule has 0 radical (unpaired) electrons. The number of para-hydroxylation sites is 1. The van der Waals surface area contributed by atoms with Crippen LogP contribution in [0.2, 0.25) is 0 Å². The van der Waals surface area contributed by atoms with Crippen LogP contribution in [-0.4, -0.2) is 19.6 Å². The monoisotopic (exact) mass is 809 g/mol. The second-order valence-electron chi connectivity index (χ2n) is 19.8. The highest BCUT2D eigenvalue weighted by Crippen LogP contribution is 2.46. The molecule has 0 aliphatic carbocycles. The molecule has 9 rings (SSSR count). The molecule has 1 N–H and O–H groups in total. The topological polar surface area (TPSA) is 50.9 Å². The average molecular weight is 810 g/mol. The van der Waals surface area contributed by atoms with Gasteiger partial charge in [0.15, 0.2) is 0 Å². The van der Waals surface area contributed by atoms with Gasteiger partial charge >= 0.3 is 0 Å². The second-order valence-corrected chi connectivity index (χ2v) is 19.8. The molecule has 0 aliphatic rings. The molecular weight excluding hydrogens is 755 g/mol. The number of phenols is 1. The maximum atomic E-state index is 12.5. The molecule has 0 bridgehead atoms. The maximum Gasteiger partial charge on any atom is 0.149 e. The van der Waals surface area contributed by atoms with E-state index in [9.17, 15) is 5.11 Å². The van der Waals surface area contributed by atoms with E-state index in [1.54, 1.807) is 0 Å². The standard InChI is InChI=1S/C58H55N3O/c1-56(2,3)43-32-41(31-42(33-43)52-45-24-17-16-23-39(45)29-30-59-52)46-25-18-26-51-53(46)60-55(48-35-44(57(4,5)6)36-49(54(48)62)58(7,8)9)61(51)50-28-27-40(37-19-12-10-13-20-37)34-47(50)38-21-14-11-15-22-38/h10-36,62H,1-9H3. The Labute approximate surface area is 366 Å². The molecule has 2 aromatic heterocycles. The number of aromatic hydroxyl groups is 1. The van der Waals surface area contributed by atoms with E-state index in [0.29, 0.717) is 11.4 Å². The second kappa shape index (κ2) is 15.3. The first-order valence-corrected chi connectivity index (χ1v) is 21.7. The SMILES string of the molecule is CC(C)(C)c1cc(-c2nccc3ccccc23)cc(-c2cccc3c2nc(-c2cc(C(C)(C)C)cc(C(C)(C)C)c2O)n3-c2ccc(-c3ccccc3)cc2-c2ccccc2)c1. The first-order valence-electron chi connectivity index (χ1n) is 21.7. The van der Waals surface area contributed by atoms with Crippen molar-refractivity contribution in [2.75, 3.05) is 0 Å². The summed E-state index contributed by atoms with van der Waals surface area (Å²) in [6, 6.07) is 56.2. The van der Waals surface area contributed by atoms with Crippen molar-refractivity contribution >= 4 is 21.8 Å². The van der Waals surface area contributed by atoms with Crippen LogP contribution in [-0.2, 0) is 16.2 Å². The molecule has 9 aromatic rings.